The van der Waals surface area contributed by atoms with Crippen LogP contribution in [-0.2, 0) is 28.8 Å². The highest BCUT2D eigenvalue weighted by Crippen LogP contribution is 2.07. The Morgan fingerprint density at radius 1 is 0.853 bits per heavy atom. The fourth-order valence-corrected chi connectivity index (χ4v) is 2.71. The number of amides is 6. The van der Waals surface area contributed by atoms with Crippen molar-refractivity contribution in [3.63, 3.8) is 0 Å². The number of hydrogen-bond acceptors (Lipinski definition) is 6. The van der Waals surface area contributed by atoms with Gasteiger partial charge in [0.05, 0.1) is 13.1 Å². The van der Waals surface area contributed by atoms with Crippen LogP contribution in [-0.4, -0.2) is 72.6 Å². The fourth-order valence-electron chi connectivity index (χ4n) is 2.71. The second-order valence-corrected chi connectivity index (χ2v) is 7.95. The molecule has 1 rings (SSSR count). The largest absolute Gasteiger partial charge is 0.354 e. The Morgan fingerprint density at radius 2 is 1.44 bits per heavy atom. The molecule has 0 fully saturated rings. The SMILES string of the molecule is C=C.CC(C)CNC(=O)CNC(=O)[C@H](C)NC(=O)CNC(=O)CCCCCN1C(=O)C=CC1=O.[HH].[HH].[HH].[HH]. The summed E-state index contributed by atoms with van der Waals surface area (Å²) >= 11 is 0. The highest BCUT2D eigenvalue weighted by molar-refractivity contribution is 6.12. The molecule has 6 amide bonds. The van der Waals surface area contributed by atoms with Crippen LogP contribution in [0.1, 0.15) is 52.2 Å². The molecule has 0 saturated heterocycles. The molecular weight excluding hydrogens is 442 g/mol. The van der Waals surface area contributed by atoms with Gasteiger partial charge in [0.1, 0.15) is 6.04 Å². The third kappa shape index (κ3) is 13.1. The maximum absolute atomic E-state index is 12.0. The quantitative estimate of drug-likeness (QED) is 0.161. The summed E-state index contributed by atoms with van der Waals surface area (Å²) < 4.78 is 0. The van der Waals surface area contributed by atoms with E-state index in [9.17, 15) is 28.8 Å². The molecule has 34 heavy (non-hydrogen) atoms. The number of imide groups is 1. The Morgan fingerprint density at radius 3 is 2.03 bits per heavy atom. The molecule has 0 saturated carbocycles. The molecule has 0 aromatic rings. The van der Waals surface area contributed by atoms with Gasteiger partial charge < -0.3 is 21.3 Å². The van der Waals surface area contributed by atoms with E-state index in [2.05, 4.69) is 34.4 Å². The number of unbranched alkanes of at least 4 members (excludes halogenated alkanes) is 2. The number of hydrogen-bond donors (Lipinski definition) is 4. The molecule has 0 radical (unpaired) electrons. The van der Waals surface area contributed by atoms with Gasteiger partial charge in [-0.15, -0.1) is 13.2 Å². The van der Waals surface area contributed by atoms with Crippen molar-refractivity contribution in [2.24, 2.45) is 5.92 Å². The van der Waals surface area contributed by atoms with Crippen LogP contribution in [0.5, 0.6) is 0 Å². The monoisotopic (exact) mass is 487 g/mol. The minimum Gasteiger partial charge on any atom is -0.354 e. The zero-order chi connectivity index (χ0) is 26.1. The number of rotatable bonds is 14. The fraction of sp³-hybridized carbons (Fsp3) is 0.565. The van der Waals surface area contributed by atoms with Crippen molar-refractivity contribution >= 4 is 35.4 Å². The number of carbonyl (C=O) groups excluding carboxylic acids is 6. The van der Waals surface area contributed by atoms with Crippen molar-refractivity contribution in [1.29, 1.82) is 0 Å². The van der Waals surface area contributed by atoms with Crippen molar-refractivity contribution in [2.45, 2.75) is 52.5 Å². The zero-order valence-corrected chi connectivity index (χ0v) is 20.3. The van der Waals surface area contributed by atoms with Crippen molar-refractivity contribution in [3.05, 3.63) is 25.3 Å². The van der Waals surface area contributed by atoms with Gasteiger partial charge in [0.25, 0.3) is 11.8 Å². The van der Waals surface area contributed by atoms with E-state index < -0.39 is 17.9 Å². The lowest BCUT2D eigenvalue weighted by atomic mass is 10.2. The van der Waals surface area contributed by atoms with Gasteiger partial charge in [0, 0.05) is 37.4 Å². The summed E-state index contributed by atoms with van der Waals surface area (Å²) in [7, 11) is 0. The second-order valence-electron chi connectivity index (χ2n) is 7.95. The van der Waals surface area contributed by atoms with Gasteiger partial charge in [-0.2, -0.15) is 0 Å². The summed E-state index contributed by atoms with van der Waals surface area (Å²) in [5, 5.41) is 10.0. The molecular formula is C23H45N5O6. The molecule has 0 aliphatic carbocycles. The average molecular weight is 488 g/mol. The topological polar surface area (TPSA) is 154 Å². The normalized spacial score (nSPS) is 13.1. The molecule has 0 unspecified atom stereocenters. The summed E-state index contributed by atoms with van der Waals surface area (Å²) in [5.41, 5.74) is 0. The third-order valence-electron chi connectivity index (χ3n) is 4.53. The molecule has 1 atom stereocenters. The van der Waals surface area contributed by atoms with Crippen LogP contribution in [0.3, 0.4) is 0 Å². The molecule has 1 aliphatic heterocycles. The van der Waals surface area contributed by atoms with Gasteiger partial charge >= 0.3 is 0 Å². The van der Waals surface area contributed by atoms with Gasteiger partial charge in [-0.1, -0.05) is 20.3 Å². The number of carbonyl (C=O) groups is 6. The summed E-state index contributed by atoms with van der Waals surface area (Å²) in [6, 6.07) is -0.859. The molecule has 0 aromatic heterocycles. The molecule has 4 N–H and O–H groups in total. The molecule has 0 spiro atoms. The third-order valence-corrected chi connectivity index (χ3v) is 4.53. The Kier molecular flexibility index (Phi) is 15.3. The Hall–Kier alpha value is -3.50. The minimum atomic E-state index is -0.859. The molecule has 11 nitrogen and oxygen atoms in total. The van der Waals surface area contributed by atoms with E-state index in [1.807, 2.05) is 13.8 Å². The van der Waals surface area contributed by atoms with E-state index in [0.717, 1.165) is 4.90 Å². The van der Waals surface area contributed by atoms with Crippen molar-refractivity contribution in [2.75, 3.05) is 26.2 Å². The first-order valence-corrected chi connectivity index (χ1v) is 11.2. The lowest BCUT2D eigenvalue weighted by Gasteiger charge is -2.15. The van der Waals surface area contributed by atoms with Crippen LogP contribution >= 0.6 is 0 Å². The maximum Gasteiger partial charge on any atom is 0.253 e. The van der Waals surface area contributed by atoms with E-state index in [-0.39, 0.29) is 48.8 Å². The number of nitrogens with one attached hydrogen (secondary N) is 4. The minimum absolute atomic E-state index is 0. The van der Waals surface area contributed by atoms with Crippen molar-refractivity contribution < 1.29 is 34.5 Å². The maximum atomic E-state index is 12.0. The summed E-state index contributed by atoms with van der Waals surface area (Å²) in [6.07, 6.45) is 4.46. The molecule has 1 heterocycles. The molecule has 0 bridgehead atoms. The van der Waals surface area contributed by atoms with Crippen LogP contribution in [0.25, 0.3) is 0 Å². The summed E-state index contributed by atoms with van der Waals surface area (Å²) in [5.74, 6) is -2.00. The van der Waals surface area contributed by atoms with Gasteiger partial charge in [-0.25, -0.2) is 0 Å². The van der Waals surface area contributed by atoms with Crippen LogP contribution in [0.2, 0.25) is 0 Å². The van der Waals surface area contributed by atoms with Gasteiger partial charge in [-0.3, -0.25) is 33.7 Å². The predicted molar refractivity (Wildman–Crippen MR) is 136 cm³/mol. The Balaban J connectivity index is -0.000000590. The molecule has 1 aliphatic rings. The molecule has 0 aromatic carbocycles. The van der Waals surface area contributed by atoms with E-state index in [1.54, 1.807) is 0 Å². The van der Waals surface area contributed by atoms with Gasteiger partial charge in [-0.05, 0) is 25.7 Å². The first-order valence-electron chi connectivity index (χ1n) is 11.2. The predicted octanol–water partition coefficient (Wildman–Crippen LogP) is 0.767. The summed E-state index contributed by atoms with van der Waals surface area (Å²) in [6.45, 7) is 11.8. The average Bonchev–Trinajstić information content (AvgIpc) is 3.12. The van der Waals surface area contributed by atoms with Crippen molar-refractivity contribution in [1.82, 2.24) is 26.2 Å². The van der Waals surface area contributed by atoms with Gasteiger partial charge in [0.15, 0.2) is 0 Å². The van der Waals surface area contributed by atoms with E-state index in [1.165, 1.54) is 19.1 Å². The standard InChI is InChI=1S/C21H33N5O6.C2H4.4H2/c1-14(2)11-22-17(28)12-24-21(32)15(3)25-18(29)13-23-16(27)7-5-4-6-10-26-19(30)8-9-20(26)31;1-2;;;;/h8-9,14-15H,4-7,10-13H2,1-3H3,(H,22,28)(H,23,27)(H,24,32)(H,25,29);1-2H2;4*1H/t15-;;;;;/m0...../s1. The first kappa shape index (κ1) is 30.5. The Bertz CT molecular complexity index is 765. The van der Waals surface area contributed by atoms with E-state index in [0.29, 0.717) is 38.3 Å². The number of nitrogens with zero attached hydrogens (tertiary/aromatic N) is 1. The Labute approximate surface area is 206 Å². The van der Waals surface area contributed by atoms with Crippen LogP contribution < -0.4 is 21.3 Å². The molecule has 11 heteroatoms. The van der Waals surface area contributed by atoms with Gasteiger partial charge in [0.2, 0.25) is 23.6 Å². The highest BCUT2D eigenvalue weighted by Gasteiger charge is 2.22. The van der Waals surface area contributed by atoms with E-state index in [4.69, 9.17) is 0 Å². The van der Waals surface area contributed by atoms with Crippen LogP contribution in [0.4, 0.5) is 0 Å². The van der Waals surface area contributed by atoms with Crippen LogP contribution in [0, 0.1) is 5.92 Å². The smallest absolute Gasteiger partial charge is 0.253 e. The molecule has 198 valence electrons. The van der Waals surface area contributed by atoms with Crippen molar-refractivity contribution in [3.8, 4) is 0 Å². The lowest BCUT2D eigenvalue weighted by Crippen LogP contribution is -2.49. The zero-order valence-electron chi connectivity index (χ0n) is 20.3. The van der Waals surface area contributed by atoms with Crippen LogP contribution in [0.15, 0.2) is 25.3 Å². The summed E-state index contributed by atoms with van der Waals surface area (Å²) in [4.78, 5) is 71.3. The first-order chi connectivity index (χ1) is 16.1. The lowest BCUT2D eigenvalue weighted by molar-refractivity contribution is -0.137. The highest BCUT2D eigenvalue weighted by atomic mass is 16.2. The van der Waals surface area contributed by atoms with E-state index >= 15 is 0 Å². The second kappa shape index (κ2) is 17.0.